The molecular weight excluding hydrogens is 420 g/mol. The number of benzene rings is 1. The molecule has 8 heteroatoms. The van der Waals surface area contributed by atoms with Crippen molar-refractivity contribution in [1.82, 2.24) is 19.6 Å². The largest absolute Gasteiger partial charge is 0.489 e. The Morgan fingerprint density at radius 3 is 2.73 bits per heavy atom. The van der Waals surface area contributed by atoms with E-state index in [2.05, 4.69) is 16.2 Å². The quantitative estimate of drug-likeness (QED) is 0.577. The molecule has 1 fully saturated rings. The summed E-state index contributed by atoms with van der Waals surface area (Å²) in [6, 6.07) is 9.26. The molecule has 0 aliphatic carbocycles. The first-order chi connectivity index (χ1) is 14.5. The van der Waals surface area contributed by atoms with Crippen molar-refractivity contribution >= 4 is 28.8 Å². The molecule has 30 heavy (non-hydrogen) atoms. The first kappa shape index (κ1) is 20.9. The van der Waals surface area contributed by atoms with E-state index in [1.807, 2.05) is 53.2 Å². The number of rotatable bonds is 6. The number of piperazine rings is 1. The lowest BCUT2D eigenvalue weighted by molar-refractivity contribution is 0.0633. The number of hydrogen-bond acceptors (Lipinski definition) is 5. The van der Waals surface area contributed by atoms with Gasteiger partial charge in [-0.1, -0.05) is 17.7 Å². The van der Waals surface area contributed by atoms with Crippen molar-refractivity contribution in [3.05, 3.63) is 68.6 Å². The summed E-state index contributed by atoms with van der Waals surface area (Å²) in [5.41, 5.74) is 3.32. The number of halogens is 1. The standard InChI is InChI=1S/C22H25ClN4O2S/c1-16-18(12-25(2)24-16)13-26-6-8-27(9-7-26)22(28)21-10-17(15-30-21)14-29-20-5-3-4-19(23)11-20/h3-5,10-12,15H,6-9,13-14H2,1-2H3. The van der Waals surface area contributed by atoms with Crippen LogP contribution >= 0.6 is 22.9 Å². The highest BCUT2D eigenvalue weighted by Crippen LogP contribution is 2.22. The van der Waals surface area contributed by atoms with Crippen LogP contribution in [0.5, 0.6) is 5.75 Å². The number of amides is 1. The SMILES string of the molecule is Cc1nn(C)cc1CN1CCN(C(=O)c2cc(COc3cccc(Cl)c3)cs2)CC1. The molecule has 4 rings (SSSR count). The second-order valence-corrected chi connectivity index (χ2v) is 8.89. The van der Waals surface area contributed by atoms with Crippen molar-refractivity contribution in [3.63, 3.8) is 0 Å². The zero-order chi connectivity index (χ0) is 21.1. The number of ether oxygens (including phenoxy) is 1. The summed E-state index contributed by atoms with van der Waals surface area (Å²) in [5.74, 6) is 0.827. The van der Waals surface area contributed by atoms with E-state index in [9.17, 15) is 4.79 Å². The molecule has 0 N–H and O–H groups in total. The number of thiophene rings is 1. The zero-order valence-corrected chi connectivity index (χ0v) is 18.7. The molecule has 0 unspecified atom stereocenters. The van der Waals surface area contributed by atoms with Gasteiger partial charge in [0.15, 0.2) is 0 Å². The van der Waals surface area contributed by atoms with E-state index in [0.717, 1.165) is 54.6 Å². The molecule has 0 bridgehead atoms. The van der Waals surface area contributed by atoms with Gasteiger partial charge in [-0.15, -0.1) is 11.3 Å². The topological polar surface area (TPSA) is 50.6 Å². The van der Waals surface area contributed by atoms with Crippen molar-refractivity contribution in [2.45, 2.75) is 20.1 Å². The van der Waals surface area contributed by atoms with Gasteiger partial charge in [0.25, 0.3) is 5.91 Å². The van der Waals surface area contributed by atoms with E-state index < -0.39 is 0 Å². The molecule has 3 aromatic rings. The Morgan fingerprint density at radius 1 is 1.23 bits per heavy atom. The number of aryl methyl sites for hydroxylation is 2. The fraction of sp³-hybridized carbons (Fsp3) is 0.364. The molecule has 0 atom stereocenters. The van der Waals surface area contributed by atoms with Gasteiger partial charge in [-0.05, 0) is 36.6 Å². The van der Waals surface area contributed by atoms with Gasteiger partial charge in [-0.3, -0.25) is 14.4 Å². The summed E-state index contributed by atoms with van der Waals surface area (Å²) in [7, 11) is 1.95. The second-order valence-electron chi connectivity index (χ2n) is 7.55. The van der Waals surface area contributed by atoms with Crippen molar-refractivity contribution < 1.29 is 9.53 Å². The Morgan fingerprint density at radius 2 is 2.03 bits per heavy atom. The molecule has 2 aromatic heterocycles. The molecule has 0 saturated carbocycles. The summed E-state index contributed by atoms with van der Waals surface area (Å²) in [4.78, 5) is 18.0. The van der Waals surface area contributed by atoms with Crippen LogP contribution in [0, 0.1) is 6.92 Å². The highest BCUT2D eigenvalue weighted by Gasteiger charge is 2.24. The Labute approximate surface area is 185 Å². The average molecular weight is 445 g/mol. The highest BCUT2D eigenvalue weighted by molar-refractivity contribution is 7.12. The van der Waals surface area contributed by atoms with Crippen LogP contribution in [-0.2, 0) is 20.2 Å². The molecule has 1 saturated heterocycles. The molecule has 1 aromatic carbocycles. The average Bonchev–Trinajstić information content (AvgIpc) is 3.33. The predicted molar refractivity (Wildman–Crippen MR) is 119 cm³/mol. The fourth-order valence-electron chi connectivity index (χ4n) is 3.60. The lowest BCUT2D eigenvalue weighted by Gasteiger charge is -2.34. The van der Waals surface area contributed by atoms with Crippen molar-refractivity contribution in [3.8, 4) is 5.75 Å². The molecule has 1 amide bonds. The molecular formula is C22H25ClN4O2S. The van der Waals surface area contributed by atoms with Gasteiger partial charge in [-0.2, -0.15) is 5.10 Å². The number of aromatic nitrogens is 2. The predicted octanol–water partition coefficient (Wildman–Crippen LogP) is 3.98. The maximum atomic E-state index is 12.9. The normalized spacial score (nSPS) is 14.8. The Bertz CT molecular complexity index is 1020. The third-order valence-corrected chi connectivity index (χ3v) is 6.44. The zero-order valence-electron chi connectivity index (χ0n) is 17.2. The third-order valence-electron chi connectivity index (χ3n) is 5.23. The Balaban J connectivity index is 1.28. The van der Waals surface area contributed by atoms with E-state index in [1.165, 1.54) is 16.9 Å². The molecule has 6 nitrogen and oxygen atoms in total. The second kappa shape index (κ2) is 9.20. The minimum absolute atomic E-state index is 0.103. The first-order valence-corrected chi connectivity index (χ1v) is 11.2. The van der Waals surface area contributed by atoms with E-state index >= 15 is 0 Å². The number of hydrogen-bond donors (Lipinski definition) is 0. The summed E-state index contributed by atoms with van der Waals surface area (Å²) >= 11 is 7.46. The Kier molecular flexibility index (Phi) is 6.41. The first-order valence-electron chi connectivity index (χ1n) is 9.94. The summed E-state index contributed by atoms with van der Waals surface area (Å²) in [6.07, 6.45) is 2.07. The maximum Gasteiger partial charge on any atom is 0.264 e. The van der Waals surface area contributed by atoms with Crippen LogP contribution in [0.1, 0.15) is 26.5 Å². The van der Waals surface area contributed by atoms with Crippen LogP contribution < -0.4 is 4.74 Å². The monoisotopic (exact) mass is 444 g/mol. The summed E-state index contributed by atoms with van der Waals surface area (Å²) in [5, 5.41) is 7.04. The molecule has 1 aliphatic heterocycles. The van der Waals surface area contributed by atoms with Gasteiger partial charge in [-0.25, -0.2) is 0 Å². The minimum Gasteiger partial charge on any atom is -0.489 e. The van der Waals surface area contributed by atoms with Gasteiger partial charge in [0.2, 0.25) is 0 Å². The van der Waals surface area contributed by atoms with E-state index in [0.29, 0.717) is 11.6 Å². The van der Waals surface area contributed by atoms with Crippen LogP contribution in [0.3, 0.4) is 0 Å². The summed E-state index contributed by atoms with van der Waals surface area (Å²) < 4.78 is 7.63. The van der Waals surface area contributed by atoms with Crippen LogP contribution in [0.2, 0.25) is 5.02 Å². The summed E-state index contributed by atoms with van der Waals surface area (Å²) in [6.45, 7) is 6.56. The van der Waals surface area contributed by atoms with Gasteiger partial charge >= 0.3 is 0 Å². The van der Waals surface area contributed by atoms with Crippen molar-refractivity contribution in [2.24, 2.45) is 7.05 Å². The van der Waals surface area contributed by atoms with E-state index in [4.69, 9.17) is 16.3 Å². The number of carbonyl (C=O) groups excluding carboxylic acids is 1. The number of carbonyl (C=O) groups is 1. The van der Waals surface area contributed by atoms with E-state index in [-0.39, 0.29) is 5.91 Å². The molecule has 0 spiro atoms. The number of nitrogens with zero attached hydrogens (tertiary/aromatic N) is 4. The smallest absolute Gasteiger partial charge is 0.264 e. The van der Waals surface area contributed by atoms with Gasteiger partial charge < -0.3 is 9.64 Å². The van der Waals surface area contributed by atoms with Crippen LogP contribution in [0.15, 0.2) is 41.9 Å². The lowest BCUT2D eigenvalue weighted by atomic mass is 10.2. The third kappa shape index (κ3) is 5.03. The fourth-order valence-corrected chi connectivity index (χ4v) is 4.64. The molecule has 0 radical (unpaired) electrons. The van der Waals surface area contributed by atoms with Crippen LogP contribution in [0.25, 0.3) is 0 Å². The van der Waals surface area contributed by atoms with E-state index in [1.54, 1.807) is 6.07 Å². The van der Waals surface area contributed by atoms with Gasteiger partial charge in [0.1, 0.15) is 12.4 Å². The molecule has 3 heterocycles. The Hall–Kier alpha value is -2.35. The maximum absolute atomic E-state index is 12.9. The van der Waals surface area contributed by atoms with Crippen molar-refractivity contribution in [2.75, 3.05) is 26.2 Å². The van der Waals surface area contributed by atoms with Gasteiger partial charge in [0.05, 0.1) is 10.6 Å². The van der Waals surface area contributed by atoms with Crippen LogP contribution in [0.4, 0.5) is 0 Å². The lowest BCUT2D eigenvalue weighted by Crippen LogP contribution is -2.48. The molecule has 158 valence electrons. The van der Waals surface area contributed by atoms with Crippen molar-refractivity contribution in [1.29, 1.82) is 0 Å². The molecule has 1 aliphatic rings. The van der Waals surface area contributed by atoms with Gasteiger partial charge in [0, 0.05) is 62.1 Å². The van der Waals surface area contributed by atoms with Crippen LogP contribution in [-0.4, -0.2) is 51.7 Å². The minimum atomic E-state index is 0.103. The highest BCUT2D eigenvalue weighted by atomic mass is 35.5.